The monoisotopic (exact) mass is 758 g/mol. The average Bonchev–Trinajstić information content (AvgIpc) is 3.65. The van der Waals surface area contributed by atoms with Gasteiger partial charge in [0.25, 0.3) is 17.4 Å². The summed E-state index contributed by atoms with van der Waals surface area (Å²) in [4.78, 5) is 53.4. The van der Waals surface area contributed by atoms with Crippen LogP contribution >= 0.6 is 0 Å². The molecule has 1 saturated heterocycles. The van der Waals surface area contributed by atoms with E-state index in [4.69, 9.17) is 0 Å². The number of para-hydroxylation sites is 1. The molecule has 2 aromatic heterocycles. The van der Waals surface area contributed by atoms with E-state index in [-0.39, 0.29) is 28.5 Å². The Labute approximate surface area is 311 Å². The van der Waals surface area contributed by atoms with Gasteiger partial charge in [-0.2, -0.15) is 18.3 Å². The molecule has 1 fully saturated rings. The van der Waals surface area contributed by atoms with Crippen LogP contribution in [-0.4, -0.2) is 67.8 Å². The van der Waals surface area contributed by atoms with Crippen molar-refractivity contribution in [3.05, 3.63) is 100.0 Å². The van der Waals surface area contributed by atoms with Crippen LogP contribution in [0.25, 0.3) is 16.6 Å². The van der Waals surface area contributed by atoms with Gasteiger partial charge in [-0.3, -0.25) is 33.7 Å². The van der Waals surface area contributed by atoms with Gasteiger partial charge < -0.3 is 15.7 Å². The Hall–Kier alpha value is -6.43. The van der Waals surface area contributed by atoms with E-state index in [2.05, 4.69) is 36.0 Å². The van der Waals surface area contributed by atoms with Crippen LogP contribution < -0.4 is 16.2 Å². The molecule has 3 aromatic carbocycles. The lowest BCUT2D eigenvalue weighted by molar-refractivity contribution is -0.140. The van der Waals surface area contributed by atoms with E-state index >= 15 is 0 Å². The lowest BCUT2D eigenvalue weighted by atomic mass is 10.1. The maximum absolute atomic E-state index is 13.8. The van der Waals surface area contributed by atoms with Gasteiger partial charge in [0.05, 0.1) is 30.1 Å². The zero-order chi connectivity index (χ0) is 39.3. The summed E-state index contributed by atoms with van der Waals surface area (Å²) in [5.41, 5.74) is -1.43. The van der Waals surface area contributed by atoms with Gasteiger partial charge >= 0.3 is 6.18 Å². The number of nitrogens with one attached hydrogen (secondary N) is 3. The second kappa shape index (κ2) is 16.3. The van der Waals surface area contributed by atoms with Crippen molar-refractivity contribution >= 4 is 45.7 Å². The SMILES string of the molecule is Cc1ccc(N=Nc2c(C(F)(F)F)[nH]n(-c3ccc(C(=O)NCC(=O)N[C@H](C)C(=O)N=Nc4c(O)n(CN5CCCCC5)c5ccccc45)cc3)c2=O)cc1. The first-order valence-electron chi connectivity index (χ1n) is 17.4. The third-order valence-electron chi connectivity index (χ3n) is 8.95. The molecule has 0 bridgehead atoms. The molecule has 18 heteroatoms. The number of piperidine rings is 1. The first kappa shape index (κ1) is 38.3. The molecule has 15 nitrogen and oxygen atoms in total. The molecule has 1 atom stereocenters. The summed E-state index contributed by atoms with van der Waals surface area (Å²) in [5, 5.41) is 33.7. The number of alkyl halides is 3. The van der Waals surface area contributed by atoms with Crippen LogP contribution in [0.1, 0.15) is 47.8 Å². The number of aromatic nitrogens is 3. The molecule has 0 saturated carbocycles. The van der Waals surface area contributed by atoms with E-state index in [1.165, 1.54) is 31.2 Å². The predicted molar refractivity (Wildman–Crippen MR) is 195 cm³/mol. The number of H-pyrrole nitrogens is 1. The summed E-state index contributed by atoms with van der Waals surface area (Å²) in [6.07, 6.45) is -1.64. The molecular formula is C37H37F3N10O5. The van der Waals surface area contributed by atoms with Crippen molar-refractivity contribution in [1.29, 1.82) is 0 Å². The van der Waals surface area contributed by atoms with Crippen molar-refractivity contribution in [3.8, 4) is 11.6 Å². The van der Waals surface area contributed by atoms with Gasteiger partial charge in [-0.15, -0.1) is 15.3 Å². The maximum Gasteiger partial charge on any atom is 0.435 e. The zero-order valence-electron chi connectivity index (χ0n) is 29.8. The summed E-state index contributed by atoms with van der Waals surface area (Å²) in [7, 11) is 0. The Kier molecular flexibility index (Phi) is 11.3. The summed E-state index contributed by atoms with van der Waals surface area (Å²) in [6, 6.07) is 17.6. The maximum atomic E-state index is 13.8. The number of aryl methyl sites for hydroxylation is 1. The fourth-order valence-electron chi connectivity index (χ4n) is 6.00. The van der Waals surface area contributed by atoms with Crippen molar-refractivity contribution in [2.75, 3.05) is 19.6 Å². The molecule has 0 radical (unpaired) electrons. The Bertz CT molecular complexity index is 2320. The predicted octanol–water partition coefficient (Wildman–Crippen LogP) is 6.56. The second-order valence-corrected chi connectivity index (χ2v) is 13.0. The number of azo groups is 2. The molecule has 55 heavy (non-hydrogen) atoms. The Morgan fingerprint density at radius 3 is 2.29 bits per heavy atom. The van der Waals surface area contributed by atoms with Crippen molar-refractivity contribution in [3.63, 3.8) is 0 Å². The van der Waals surface area contributed by atoms with E-state index in [0.29, 0.717) is 16.7 Å². The number of hydrogen-bond donors (Lipinski definition) is 4. The molecule has 3 heterocycles. The number of amides is 3. The summed E-state index contributed by atoms with van der Waals surface area (Å²) in [6.45, 7) is 4.95. The van der Waals surface area contributed by atoms with E-state index in [9.17, 15) is 37.5 Å². The molecule has 5 aromatic rings. The second-order valence-electron chi connectivity index (χ2n) is 13.0. The van der Waals surface area contributed by atoms with E-state index in [1.54, 1.807) is 41.0 Å². The lowest BCUT2D eigenvalue weighted by Crippen LogP contribution is -2.43. The fourth-order valence-corrected chi connectivity index (χ4v) is 6.00. The van der Waals surface area contributed by atoms with Gasteiger partial charge in [0.1, 0.15) is 6.04 Å². The average molecular weight is 759 g/mol. The fraction of sp³-hybridized carbons (Fsp3) is 0.297. The molecular weight excluding hydrogens is 721 g/mol. The molecule has 1 aliphatic rings. The van der Waals surface area contributed by atoms with Gasteiger partial charge in [-0.05, 0) is 82.2 Å². The summed E-state index contributed by atoms with van der Waals surface area (Å²) < 4.78 is 43.8. The minimum atomic E-state index is -4.95. The number of carbonyl (C=O) groups excluding carboxylic acids is 3. The van der Waals surface area contributed by atoms with Crippen LogP contribution in [0.3, 0.4) is 0 Å². The van der Waals surface area contributed by atoms with Crippen molar-refractivity contribution in [2.45, 2.75) is 52.0 Å². The number of likely N-dealkylation sites (tertiary alicyclic amines) is 1. The summed E-state index contributed by atoms with van der Waals surface area (Å²) >= 11 is 0. The van der Waals surface area contributed by atoms with Gasteiger partial charge in [-0.1, -0.05) is 42.3 Å². The van der Waals surface area contributed by atoms with Crippen molar-refractivity contribution in [1.82, 2.24) is 29.9 Å². The van der Waals surface area contributed by atoms with E-state index in [0.717, 1.165) is 43.4 Å². The van der Waals surface area contributed by atoms with Crippen LogP contribution in [0.2, 0.25) is 0 Å². The van der Waals surface area contributed by atoms with Gasteiger partial charge in [-0.25, -0.2) is 4.68 Å². The number of aromatic hydroxyl groups is 1. The molecule has 0 aliphatic carbocycles. The van der Waals surface area contributed by atoms with Crippen LogP contribution in [-0.2, 0) is 22.4 Å². The minimum Gasteiger partial charge on any atom is -0.493 e. The number of hydrogen-bond acceptors (Lipinski definition) is 9. The van der Waals surface area contributed by atoms with Gasteiger partial charge in [0.15, 0.2) is 17.1 Å². The molecule has 3 amide bonds. The van der Waals surface area contributed by atoms with E-state index in [1.807, 2.05) is 24.2 Å². The summed E-state index contributed by atoms with van der Waals surface area (Å²) in [5.74, 6) is -2.35. The van der Waals surface area contributed by atoms with Crippen molar-refractivity contribution < 1.29 is 32.7 Å². The Morgan fingerprint density at radius 2 is 1.60 bits per heavy atom. The first-order chi connectivity index (χ1) is 26.3. The number of benzene rings is 3. The smallest absolute Gasteiger partial charge is 0.435 e. The topological polar surface area (TPSA) is 191 Å². The third-order valence-corrected chi connectivity index (χ3v) is 8.95. The highest BCUT2D eigenvalue weighted by molar-refractivity contribution is 5.98. The normalized spacial score (nSPS) is 14.5. The number of fused-ring (bicyclic) bond motifs is 1. The highest BCUT2D eigenvalue weighted by Crippen LogP contribution is 2.39. The van der Waals surface area contributed by atoms with Crippen LogP contribution in [0.15, 0.2) is 98.0 Å². The van der Waals surface area contributed by atoms with Crippen LogP contribution in [0.5, 0.6) is 5.88 Å². The van der Waals surface area contributed by atoms with Gasteiger partial charge in [0.2, 0.25) is 11.8 Å². The minimum absolute atomic E-state index is 0.0250. The molecule has 1 aliphatic heterocycles. The molecule has 6 rings (SSSR count). The number of aromatic amines is 1. The first-order valence-corrected chi connectivity index (χ1v) is 17.4. The highest BCUT2D eigenvalue weighted by atomic mass is 19.4. The van der Waals surface area contributed by atoms with E-state index < -0.39 is 53.4 Å². The number of halogens is 3. The standard InChI is InChI=1S/C37H37F3N10O5/c1-22-10-14-25(15-11-22)43-45-31-32(37(38,39)40)47-50(36(31)55)26-16-12-24(13-17-26)34(53)41-20-29(51)42-23(2)33(52)46-44-30-27-8-4-5-9-28(27)49(35(30)54)21-48-18-6-3-7-19-48/h4-5,8-17,23,47,54H,3,6-7,18-21H2,1-2H3,(H,41,53)(H,42,51)/t23-/m1/s1. The molecule has 286 valence electrons. The van der Waals surface area contributed by atoms with Crippen LogP contribution in [0.4, 0.5) is 30.2 Å². The number of nitrogens with zero attached hydrogens (tertiary/aromatic N) is 7. The zero-order valence-corrected chi connectivity index (χ0v) is 29.8. The Morgan fingerprint density at radius 1 is 0.909 bits per heavy atom. The highest BCUT2D eigenvalue weighted by Gasteiger charge is 2.38. The molecule has 0 unspecified atom stereocenters. The van der Waals surface area contributed by atoms with Gasteiger partial charge in [0, 0.05) is 10.9 Å². The lowest BCUT2D eigenvalue weighted by Gasteiger charge is -2.27. The molecule has 0 spiro atoms. The number of rotatable bonds is 11. The largest absolute Gasteiger partial charge is 0.493 e. The quantitative estimate of drug-likeness (QED) is 0.110. The third kappa shape index (κ3) is 8.86. The van der Waals surface area contributed by atoms with Crippen LogP contribution in [0, 0.1) is 6.92 Å². The molecule has 4 N–H and O–H groups in total. The van der Waals surface area contributed by atoms with Crippen molar-refractivity contribution in [2.24, 2.45) is 20.5 Å². The number of carbonyl (C=O) groups is 3. The Balaban J connectivity index is 1.06.